The van der Waals surface area contributed by atoms with Gasteiger partial charge < -0.3 is 5.32 Å². The summed E-state index contributed by atoms with van der Waals surface area (Å²) in [7, 11) is -2.28. The molecule has 0 fully saturated rings. The van der Waals surface area contributed by atoms with Gasteiger partial charge in [0.1, 0.15) is 10.8 Å². The molecular formula is C17H23FN4O3S2. The van der Waals surface area contributed by atoms with Crippen molar-refractivity contribution in [3.63, 3.8) is 0 Å². The van der Waals surface area contributed by atoms with E-state index in [-0.39, 0.29) is 23.8 Å². The van der Waals surface area contributed by atoms with E-state index in [4.69, 9.17) is 0 Å². The van der Waals surface area contributed by atoms with Gasteiger partial charge in [0, 0.05) is 26.4 Å². The fourth-order valence-corrected chi connectivity index (χ4v) is 4.46. The van der Waals surface area contributed by atoms with Gasteiger partial charge in [-0.25, -0.2) is 17.1 Å². The fraction of sp³-hybridized carbons (Fsp3) is 0.471. The standard InChI is InChI=1S/C17H23FN4O3S2/c1-12(2)11-16-20-21-17(26-16)19-15(23)5-4-10-22(3)27(24,25)14-8-6-13(18)7-9-14/h6-9,12H,4-5,10-11H2,1-3H3,(H,19,21,23). The molecule has 0 unspecified atom stereocenters. The molecule has 2 aromatic rings. The first kappa shape index (κ1) is 21.4. The molecule has 0 saturated carbocycles. The van der Waals surface area contributed by atoms with Gasteiger partial charge in [0.05, 0.1) is 4.90 Å². The van der Waals surface area contributed by atoms with Crippen LogP contribution in [0.25, 0.3) is 0 Å². The second-order valence-electron chi connectivity index (χ2n) is 6.53. The maximum atomic E-state index is 12.9. The van der Waals surface area contributed by atoms with Gasteiger partial charge in [0.2, 0.25) is 21.1 Å². The molecule has 27 heavy (non-hydrogen) atoms. The third-order valence-electron chi connectivity index (χ3n) is 3.69. The summed E-state index contributed by atoms with van der Waals surface area (Å²) in [5, 5.41) is 12.0. The number of benzene rings is 1. The van der Waals surface area contributed by atoms with Gasteiger partial charge in [0.25, 0.3) is 0 Å². The van der Waals surface area contributed by atoms with Crippen LogP contribution in [-0.4, -0.2) is 42.4 Å². The van der Waals surface area contributed by atoms with Crippen LogP contribution in [0.15, 0.2) is 29.2 Å². The number of hydrogen-bond donors (Lipinski definition) is 1. The van der Waals surface area contributed by atoms with Gasteiger partial charge in [-0.15, -0.1) is 10.2 Å². The Morgan fingerprint density at radius 2 is 1.93 bits per heavy atom. The van der Waals surface area contributed by atoms with Crippen LogP contribution in [-0.2, 0) is 21.2 Å². The van der Waals surface area contributed by atoms with Crippen LogP contribution in [0.4, 0.5) is 9.52 Å². The maximum absolute atomic E-state index is 12.9. The third-order valence-corrected chi connectivity index (χ3v) is 6.43. The van der Waals surface area contributed by atoms with Crippen molar-refractivity contribution in [3.8, 4) is 0 Å². The van der Waals surface area contributed by atoms with Crippen molar-refractivity contribution in [3.05, 3.63) is 35.1 Å². The second-order valence-corrected chi connectivity index (χ2v) is 9.64. The summed E-state index contributed by atoms with van der Waals surface area (Å²) >= 11 is 1.34. The van der Waals surface area contributed by atoms with Crippen molar-refractivity contribution in [1.82, 2.24) is 14.5 Å². The minimum atomic E-state index is -3.71. The Balaban J connectivity index is 1.81. The van der Waals surface area contributed by atoms with E-state index in [1.807, 2.05) is 0 Å². The number of nitrogens with zero attached hydrogens (tertiary/aromatic N) is 3. The molecule has 0 saturated heterocycles. The smallest absolute Gasteiger partial charge is 0.242 e. The molecule has 0 bridgehead atoms. The predicted molar refractivity (Wildman–Crippen MR) is 103 cm³/mol. The Labute approximate surface area is 162 Å². The van der Waals surface area contributed by atoms with Gasteiger partial charge in [-0.05, 0) is 36.6 Å². The first-order valence-electron chi connectivity index (χ1n) is 8.52. The number of hydrogen-bond acceptors (Lipinski definition) is 6. The zero-order chi connectivity index (χ0) is 20.0. The van der Waals surface area contributed by atoms with Crippen LogP contribution in [0, 0.1) is 11.7 Å². The van der Waals surface area contributed by atoms with E-state index >= 15 is 0 Å². The second kappa shape index (κ2) is 9.34. The molecule has 0 atom stereocenters. The average Bonchev–Trinajstić information content (AvgIpc) is 3.01. The van der Waals surface area contributed by atoms with Crippen LogP contribution in [0.5, 0.6) is 0 Å². The van der Waals surface area contributed by atoms with E-state index in [1.165, 1.54) is 30.5 Å². The zero-order valence-corrected chi connectivity index (χ0v) is 17.1. The van der Waals surface area contributed by atoms with Crippen molar-refractivity contribution in [2.45, 2.75) is 38.0 Å². The van der Waals surface area contributed by atoms with Gasteiger partial charge in [-0.2, -0.15) is 0 Å². The molecule has 7 nitrogen and oxygen atoms in total. The van der Waals surface area contributed by atoms with E-state index in [0.29, 0.717) is 17.5 Å². The first-order chi connectivity index (χ1) is 12.7. The highest BCUT2D eigenvalue weighted by Gasteiger charge is 2.20. The van der Waals surface area contributed by atoms with E-state index in [0.717, 1.165) is 27.9 Å². The van der Waals surface area contributed by atoms with Crippen LogP contribution >= 0.6 is 11.3 Å². The Hall–Kier alpha value is -1.91. The molecule has 1 heterocycles. The van der Waals surface area contributed by atoms with Gasteiger partial charge in [0.15, 0.2) is 0 Å². The minimum Gasteiger partial charge on any atom is -0.301 e. The van der Waals surface area contributed by atoms with Crippen molar-refractivity contribution >= 4 is 32.4 Å². The summed E-state index contributed by atoms with van der Waals surface area (Å²) in [4.78, 5) is 12.0. The summed E-state index contributed by atoms with van der Waals surface area (Å²) in [6, 6.07) is 4.64. The van der Waals surface area contributed by atoms with Gasteiger partial charge in [-0.3, -0.25) is 4.79 Å². The normalized spacial score (nSPS) is 11.9. The number of carbonyl (C=O) groups excluding carboxylic acids is 1. The predicted octanol–water partition coefficient (Wildman–Crippen LogP) is 2.92. The summed E-state index contributed by atoms with van der Waals surface area (Å²) in [5.41, 5.74) is 0. The van der Waals surface area contributed by atoms with Crippen LogP contribution in [0.2, 0.25) is 0 Å². The monoisotopic (exact) mass is 414 g/mol. The summed E-state index contributed by atoms with van der Waals surface area (Å²) in [6.45, 7) is 4.33. The lowest BCUT2D eigenvalue weighted by molar-refractivity contribution is -0.116. The van der Waals surface area contributed by atoms with E-state index in [2.05, 4.69) is 29.4 Å². The van der Waals surface area contributed by atoms with Crippen molar-refractivity contribution in [2.75, 3.05) is 18.9 Å². The number of aromatic nitrogens is 2. The Morgan fingerprint density at radius 1 is 1.26 bits per heavy atom. The fourth-order valence-electron chi connectivity index (χ4n) is 2.29. The number of sulfonamides is 1. The lowest BCUT2D eigenvalue weighted by atomic mass is 10.1. The molecular weight excluding hydrogens is 391 g/mol. The molecule has 1 N–H and O–H groups in total. The Kier molecular flexibility index (Phi) is 7.40. The lowest BCUT2D eigenvalue weighted by Crippen LogP contribution is -2.28. The first-order valence-corrected chi connectivity index (χ1v) is 10.8. The van der Waals surface area contributed by atoms with E-state index in [1.54, 1.807) is 0 Å². The molecule has 0 aliphatic rings. The number of anilines is 1. The lowest BCUT2D eigenvalue weighted by Gasteiger charge is -2.16. The molecule has 0 aliphatic carbocycles. The number of amides is 1. The van der Waals surface area contributed by atoms with E-state index < -0.39 is 15.8 Å². The summed E-state index contributed by atoms with van der Waals surface area (Å²) < 4.78 is 38.9. The molecule has 0 aliphatic heterocycles. The highest BCUT2D eigenvalue weighted by molar-refractivity contribution is 7.89. The quantitative estimate of drug-likeness (QED) is 0.681. The van der Waals surface area contributed by atoms with Crippen molar-refractivity contribution in [1.29, 1.82) is 0 Å². The average molecular weight is 415 g/mol. The Morgan fingerprint density at radius 3 is 2.56 bits per heavy atom. The van der Waals surface area contributed by atoms with Crippen LogP contribution in [0.3, 0.4) is 0 Å². The highest BCUT2D eigenvalue weighted by atomic mass is 32.2. The molecule has 1 aromatic heterocycles. The Bertz CT molecular complexity index is 867. The molecule has 0 spiro atoms. The van der Waals surface area contributed by atoms with Gasteiger partial charge >= 0.3 is 0 Å². The SMILES string of the molecule is CC(C)Cc1nnc(NC(=O)CCCN(C)S(=O)(=O)c2ccc(F)cc2)s1. The van der Waals surface area contributed by atoms with Crippen LogP contribution in [0.1, 0.15) is 31.7 Å². The van der Waals surface area contributed by atoms with Gasteiger partial charge in [-0.1, -0.05) is 25.2 Å². The summed E-state index contributed by atoms with van der Waals surface area (Å²) in [6.07, 6.45) is 1.31. The number of nitrogens with one attached hydrogen (secondary N) is 1. The highest BCUT2D eigenvalue weighted by Crippen LogP contribution is 2.19. The third kappa shape index (κ3) is 6.33. The largest absolute Gasteiger partial charge is 0.301 e. The molecule has 10 heteroatoms. The maximum Gasteiger partial charge on any atom is 0.242 e. The minimum absolute atomic E-state index is 0.0161. The number of halogens is 1. The molecule has 0 radical (unpaired) electrons. The molecule has 148 valence electrons. The summed E-state index contributed by atoms with van der Waals surface area (Å²) in [5.74, 6) is -0.281. The molecule has 1 amide bonds. The van der Waals surface area contributed by atoms with Crippen molar-refractivity contribution in [2.24, 2.45) is 5.92 Å². The van der Waals surface area contributed by atoms with E-state index in [9.17, 15) is 17.6 Å². The zero-order valence-electron chi connectivity index (χ0n) is 15.5. The number of carbonyl (C=O) groups is 1. The number of rotatable bonds is 9. The van der Waals surface area contributed by atoms with Crippen LogP contribution < -0.4 is 5.32 Å². The molecule has 2 rings (SSSR count). The van der Waals surface area contributed by atoms with Crippen molar-refractivity contribution < 1.29 is 17.6 Å². The topological polar surface area (TPSA) is 92.3 Å². The molecule has 1 aromatic carbocycles.